The first-order chi connectivity index (χ1) is 15.5. The maximum absolute atomic E-state index is 13.1. The number of methoxy groups -OCH3 is 1. The maximum Gasteiger partial charge on any atom is 0.237 e. The van der Waals surface area contributed by atoms with Gasteiger partial charge in [-0.15, -0.1) is 10.2 Å². The van der Waals surface area contributed by atoms with Crippen LogP contribution in [0.5, 0.6) is 5.75 Å². The Morgan fingerprint density at radius 3 is 2.81 bits per heavy atom. The Bertz CT molecular complexity index is 1100. The third kappa shape index (κ3) is 5.20. The second-order valence-corrected chi connectivity index (χ2v) is 9.45. The van der Waals surface area contributed by atoms with Crippen molar-refractivity contribution < 1.29 is 14.3 Å². The molecule has 1 atom stereocenters. The van der Waals surface area contributed by atoms with Gasteiger partial charge in [0, 0.05) is 19.0 Å². The van der Waals surface area contributed by atoms with E-state index in [0.29, 0.717) is 21.7 Å². The molecule has 32 heavy (non-hydrogen) atoms. The highest BCUT2D eigenvalue weighted by atomic mass is 32.2. The van der Waals surface area contributed by atoms with Crippen molar-refractivity contribution in [2.24, 2.45) is 0 Å². The van der Waals surface area contributed by atoms with Crippen molar-refractivity contribution in [2.45, 2.75) is 30.3 Å². The number of nitrogens with zero attached hydrogens (tertiary/aromatic N) is 3. The summed E-state index contributed by atoms with van der Waals surface area (Å²) in [5, 5.41) is 15.2. The number of rotatable bonds is 7. The zero-order valence-corrected chi connectivity index (χ0v) is 19.3. The van der Waals surface area contributed by atoms with Gasteiger partial charge >= 0.3 is 0 Å². The standard InChI is InChI=1S/C22H23N5O3S2/c1-14-11-19(28)24-17-5-3-4-6-18(17)27(14)20(29)13-31-22-26-25-21(32-22)23-12-15-7-9-16(30-2)10-8-15/h3-10,14H,11-13H2,1-2H3,(H,23,25)(H,24,28)/t14-/m1/s1. The van der Waals surface area contributed by atoms with Crippen LogP contribution in [0.25, 0.3) is 0 Å². The van der Waals surface area contributed by atoms with Crippen LogP contribution >= 0.6 is 23.1 Å². The highest BCUT2D eigenvalue weighted by Crippen LogP contribution is 2.33. The molecule has 2 N–H and O–H groups in total. The van der Waals surface area contributed by atoms with Gasteiger partial charge in [-0.3, -0.25) is 9.59 Å². The van der Waals surface area contributed by atoms with Crippen molar-refractivity contribution in [3.8, 4) is 5.75 Å². The Morgan fingerprint density at radius 2 is 2.03 bits per heavy atom. The molecule has 2 heterocycles. The number of carbonyl (C=O) groups is 2. The Morgan fingerprint density at radius 1 is 1.25 bits per heavy atom. The second kappa shape index (κ2) is 10.0. The van der Waals surface area contributed by atoms with Crippen LogP contribution < -0.4 is 20.3 Å². The van der Waals surface area contributed by atoms with Gasteiger partial charge in [-0.05, 0) is 36.8 Å². The Balaban J connectivity index is 1.36. The maximum atomic E-state index is 13.1. The molecule has 1 aromatic heterocycles. The summed E-state index contributed by atoms with van der Waals surface area (Å²) in [6.45, 7) is 2.50. The minimum Gasteiger partial charge on any atom is -0.497 e. The minimum atomic E-state index is -0.233. The average molecular weight is 470 g/mol. The van der Waals surface area contributed by atoms with E-state index in [1.165, 1.54) is 23.1 Å². The molecule has 0 bridgehead atoms. The average Bonchev–Trinajstić information content (AvgIpc) is 3.20. The lowest BCUT2D eigenvalue weighted by Gasteiger charge is -2.27. The summed E-state index contributed by atoms with van der Waals surface area (Å²) in [7, 11) is 1.64. The van der Waals surface area contributed by atoms with Crippen molar-refractivity contribution in [1.29, 1.82) is 0 Å². The third-order valence-electron chi connectivity index (χ3n) is 4.96. The number of hydrogen-bond donors (Lipinski definition) is 2. The van der Waals surface area contributed by atoms with E-state index in [1.807, 2.05) is 55.5 Å². The lowest BCUT2D eigenvalue weighted by Crippen LogP contribution is -2.40. The van der Waals surface area contributed by atoms with Crippen LogP contribution in [0.15, 0.2) is 52.9 Å². The van der Waals surface area contributed by atoms with Crippen LogP contribution in [0.4, 0.5) is 16.5 Å². The number of thioether (sulfide) groups is 1. The molecule has 2 aromatic carbocycles. The number of nitrogens with one attached hydrogen (secondary N) is 2. The van der Waals surface area contributed by atoms with Crippen LogP contribution in [0.2, 0.25) is 0 Å². The molecule has 0 radical (unpaired) electrons. The number of anilines is 3. The van der Waals surface area contributed by atoms with E-state index >= 15 is 0 Å². The number of fused-ring (bicyclic) bond motifs is 1. The van der Waals surface area contributed by atoms with Gasteiger partial charge in [-0.2, -0.15) is 0 Å². The normalized spacial score (nSPS) is 15.5. The van der Waals surface area contributed by atoms with E-state index in [-0.39, 0.29) is 30.0 Å². The number of aromatic nitrogens is 2. The van der Waals surface area contributed by atoms with Crippen LogP contribution in [0.3, 0.4) is 0 Å². The molecule has 3 aromatic rings. The zero-order valence-electron chi connectivity index (χ0n) is 17.7. The van der Waals surface area contributed by atoms with Gasteiger partial charge in [0.05, 0.1) is 24.2 Å². The van der Waals surface area contributed by atoms with Crippen LogP contribution in [-0.4, -0.2) is 40.9 Å². The molecule has 4 rings (SSSR count). The lowest BCUT2D eigenvalue weighted by molar-refractivity contribution is -0.117. The van der Waals surface area contributed by atoms with Crippen molar-refractivity contribution in [3.05, 3.63) is 54.1 Å². The van der Waals surface area contributed by atoms with E-state index in [1.54, 1.807) is 12.0 Å². The summed E-state index contributed by atoms with van der Waals surface area (Å²) in [4.78, 5) is 26.9. The van der Waals surface area contributed by atoms with Crippen molar-refractivity contribution in [2.75, 3.05) is 28.4 Å². The molecular weight excluding hydrogens is 446 g/mol. The predicted octanol–water partition coefficient (Wildman–Crippen LogP) is 4.01. The van der Waals surface area contributed by atoms with E-state index in [4.69, 9.17) is 4.74 Å². The number of hydrogen-bond acceptors (Lipinski definition) is 8. The summed E-state index contributed by atoms with van der Waals surface area (Å²) in [5.74, 6) is 0.855. The Labute approximate surface area is 194 Å². The Kier molecular flexibility index (Phi) is 6.91. The molecule has 0 fully saturated rings. The Hall–Kier alpha value is -3.11. The lowest BCUT2D eigenvalue weighted by atomic mass is 10.2. The van der Waals surface area contributed by atoms with Gasteiger partial charge in [-0.1, -0.05) is 47.4 Å². The molecule has 0 saturated heterocycles. The molecule has 0 saturated carbocycles. The molecular formula is C22H23N5O3S2. The van der Waals surface area contributed by atoms with E-state index in [0.717, 1.165) is 17.0 Å². The summed E-state index contributed by atoms with van der Waals surface area (Å²) < 4.78 is 5.88. The fourth-order valence-corrected chi connectivity index (χ4v) is 5.03. The summed E-state index contributed by atoms with van der Waals surface area (Å²) >= 11 is 2.75. The van der Waals surface area contributed by atoms with E-state index in [9.17, 15) is 9.59 Å². The van der Waals surface area contributed by atoms with Crippen molar-refractivity contribution in [3.63, 3.8) is 0 Å². The predicted molar refractivity (Wildman–Crippen MR) is 128 cm³/mol. The van der Waals surface area contributed by atoms with E-state index < -0.39 is 0 Å². The van der Waals surface area contributed by atoms with Crippen molar-refractivity contribution in [1.82, 2.24) is 10.2 Å². The SMILES string of the molecule is COc1ccc(CNc2nnc(SCC(=O)N3c4ccccc4NC(=O)C[C@H]3C)s2)cc1. The monoisotopic (exact) mass is 469 g/mol. The van der Waals surface area contributed by atoms with Crippen molar-refractivity contribution >= 4 is 51.4 Å². The minimum absolute atomic E-state index is 0.0746. The van der Waals surface area contributed by atoms with E-state index in [2.05, 4.69) is 20.8 Å². The number of ether oxygens (including phenoxy) is 1. The summed E-state index contributed by atoms with van der Waals surface area (Å²) in [6, 6.07) is 14.9. The first kappa shape index (κ1) is 22.1. The van der Waals surface area contributed by atoms with Gasteiger partial charge in [-0.25, -0.2) is 0 Å². The molecule has 8 nitrogen and oxygen atoms in total. The fourth-order valence-electron chi connectivity index (χ4n) is 3.42. The smallest absolute Gasteiger partial charge is 0.237 e. The molecule has 10 heteroatoms. The highest BCUT2D eigenvalue weighted by Gasteiger charge is 2.29. The zero-order chi connectivity index (χ0) is 22.5. The van der Waals surface area contributed by atoms with Gasteiger partial charge in [0.1, 0.15) is 5.75 Å². The summed E-state index contributed by atoms with van der Waals surface area (Å²) in [5.41, 5.74) is 2.47. The molecule has 0 unspecified atom stereocenters. The number of amides is 2. The summed E-state index contributed by atoms with van der Waals surface area (Å²) in [6.07, 6.45) is 0.253. The highest BCUT2D eigenvalue weighted by molar-refractivity contribution is 8.01. The topological polar surface area (TPSA) is 96.4 Å². The number of benzene rings is 2. The first-order valence-electron chi connectivity index (χ1n) is 10.1. The van der Waals surface area contributed by atoms with Gasteiger partial charge < -0.3 is 20.3 Å². The van der Waals surface area contributed by atoms with Crippen LogP contribution in [0.1, 0.15) is 18.9 Å². The van der Waals surface area contributed by atoms with Gasteiger partial charge in [0.25, 0.3) is 0 Å². The molecule has 0 spiro atoms. The largest absolute Gasteiger partial charge is 0.497 e. The molecule has 1 aliphatic heterocycles. The quantitative estimate of drug-likeness (QED) is 0.505. The third-order valence-corrected chi connectivity index (χ3v) is 6.96. The molecule has 2 amide bonds. The first-order valence-corrected chi connectivity index (χ1v) is 11.9. The van der Waals surface area contributed by atoms with Crippen LogP contribution in [0, 0.1) is 0 Å². The number of carbonyl (C=O) groups excluding carboxylic acids is 2. The molecule has 166 valence electrons. The number of para-hydroxylation sites is 2. The van der Waals surface area contributed by atoms with Gasteiger partial charge in [0.15, 0.2) is 4.34 Å². The van der Waals surface area contributed by atoms with Gasteiger partial charge in [0.2, 0.25) is 16.9 Å². The fraction of sp³-hybridized carbons (Fsp3) is 0.273. The molecule has 1 aliphatic rings. The second-order valence-electron chi connectivity index (χ2n) is 7.25. The van der Waals surface area contributed by atoms with Crippen LogP contribution in [-0.2, 0) is 16.1 Å². The molecule has 0 aliphatic carbocycles.